The van der Waals surface area contributed by atoms with Gasteiger partial charge in [-0.05, 0) is 75.0 Å². The number of aryl methyl sites for hydroxylation is 3. The lowest BCUT2D eigenvalue weighted by molar-refractivity contribution is -0.0937. The minimum Gasteiger partial charge on any atom is -0.387 e. The highest BCUT2D eigenvalue weighted by Crippen LogP contribution is 2.38. The van der Waals surface area contributed by atoms with Crippen molar-refractivity contribution in [2.24, 2.45) is 11.8 Å². The maximum Gasteiger partial charge on any atom is 0.108 e. The van der Waals surface area contributed by atoms with Crippen LogP contribution in [0.4, 0.5) is 0 Å². The third kappa shape index (κ3) is 5.61. The van der Waals surface area contributed by atoms with Gasteiger partial charge in [0.2, 0.25) is 0 Å². The van der Waals surface area contributed by atoms with Gasteiger partial charge in [-0.25, -0.2) is 0 Å². The summed E-state index contributed by atoms with van der Waals surface area (Å²) in [5.41, 5.74) is 3.21. The molecule has 2 heteroatoms. The first kappa shape index (κ1) is 20.2. The van der Waals surface area contributed by atoms with E-state index >= 15 is 0 Å². The fraction of sp³-hybridized carbons (Fsp3) is 0.714. The van der Waals surface area contributed by atoms with E-state index in [1.807, 2.05) is 13.8 Å². The Kier molecular flexibility index (Phi) is 7.29. The zero-order valence-corrected chi connectivity index (χ0v) is 16.1. The molecule has 2 N–H and O–H groups in total. The fourth-order valence-corrected chi connectivity index (χ4v) is 3.37. The molecule has 0 aliphatic carbocycles. The fourth-order valence-electron chi connectivity index (χ4n) is 3.37. The average molecular weight is 321 g/mol. The summed E-state index contributed by atoms with van der Waals surface area (Å²) in [6.07, 6.45) is 2.32. The summed E-state index contributed by atoms with van der Waals surface area (Å²) in [5, 5.41) is 22.4. The van der Waals surface area contributed by atoms with E-state index in [1.165, 1.54) is 5.56 Å². The van der Waals surface area contributed by atoms with Crippen molar-refractivity contribution in [2.45, 2.75) is 85.9 Å². The summed E-state index contributed by atoms with van der Waals surface area (Å²) in [6.45, 7) is 14.8. The third-order valence-electron chi connectivity index (χ3n) is 4.83. The van der Waals surface area contributed by atoms with E-state index in [9.17, 15) is 10.2 Å². The van der Waals surface area contributed by atoms with Crippen molar-refractivity contribution >= 4 is 0 Å². The summed E-state index contributed by atoms with van der Waals surface area (Å²) >= 11 is 0. The van der Waals surface area contributed by atoms with E-state index in [-0.39, 0.29) is 0 Å². The molecule has 0 fully saturated rings. The highest BCUT2D eigenvalue weighted by atomic mass is 16.3. The van der Waals surface area contributed by atoms with Crippen molar-refractivity contribution in [3.63, 3.8) is 0 Å². The van der Waals surface area contributed by atoms with Crippen molar-refractivity contribution in [1.29, 1.82) is 0 Å². The van der Waals surface area contributed by atoms with E-state index in [2.05, 4.69) is 46.8 Å². The Morgan fingerprint density at radius 2 is 1.26 bits per heavy atom. The van der Waals surface area contributed by atoms with E-state index < -0.39 is 11.7 Å². The molecule has 1 rings (SSSR count). The van der Waals surface area contributed by atoms with Crippen LogP contribution in [0.5, 0.6) is 0 Å². The molecule has 1 aromatic rings. The highest BCUT2D eigenvalue weighted by Gasteiger charge is 2.37. The van der Waals surface area contributed by atoms with E-state index in [4.69, 9.17) is 0 Å². The first-order valence-corrected chi connectivity index (χ1v) is 9.05. The van der Waals surface area contributed by atoms with Gasteiger partial charge in [0.05, 0.1) is 5.60 Å². The van der Waals surface area contributed by atoms with Gasteiger partial charge in [-0.2, -0.15) is 0 Å². The molecule has 1 atom stereocenters. The molecule has 0 bridgehead atoms. The van der Waals surface area contributed by atoms with Crippen LogP contribution < -0.4 is 0 Å². The summed E-state index contributed by atoms with van der Waals surface area (Å²) in [5.74, 6) is 1.04. The van der Waals surface area contributed by atoms with Crippen molar-refractivity contribution in [1.82, 2.24) is 0 Å². The standard InChI is InChI=1S/C21H36O2/c1-14(2)8-10-21(23,11-9-15(3)4)20(22)19-17(6)12-16(5)13-18(19)7/h12-15,20,22-23H,8-11H2,1-7H3/t20-/m1/s1. The van der Waals surface area contributed by atoms with Crippen LogP contribution in [0.1, 0.15) is 81.7 Å². The van der Waals surface area contributed by atoms with Crippen LogP contribution in [0, 0.1) is 32.6 Å². The third-order valence-corrected chi connectivity index (χ3v) is 4.83. The van der Waals surface area contributed by atoms with Gasteiger partial charge >= 0.3 is 0 Å². The quantitative estimate of drug-likeness (QED) is 0.687. The lowest BCUT2D eigenvalue weighted by atomic mass is 9.78. The normalized spacial score (nSPS) is 13.9. The number of benzene rings is 1. The molecular weight excluding hydrogens is 284 g/mol. The van der Waals surface area contributed by atoms with Crippen LogP contribution in [0.2, 0.25) is 0 Å². The average Bonchev–Trinajstić information content (AvgIpc) is 2.41. The Morgan fingerprint density at radius 1 is 0.870 bits per heavy atom. The van der Waals surface area contributed by atoms with E-state index in [0.717, 1.165) is 29.5 Å². The van der Waals surface area contributed by atoms with Crippen LogP contribution in [-0.2, 0) is 0 Å². The van der Waals surface area contributed by atoms with E-state index in [1.54, 1.807) is 0 Å². The molecule has 132 valence electrons. The molecule has 0 aliphatic heterocycles. The summed E-state index contributed by atoms with van der Waals surface area (Å²) in [6, 6.07) is 4.19. The molecule has 0 amide bonds. The second-order valence-electron chi connectivity index (χ2n) is 8.18. The van der Waals surface area contributed by atoms with Gasteiger partial charge in [0.25, 0.3) is 0 Å². The maximum atomic E-state index is 11.3. The Labute approximate surface area is 142 Å². The van der Waals surface area contributed by atoms with Gasteiger partial charge in [0, 0.05) is 0 Å². The molecule has 1 aromatic carbocycles. The molecule has 0 saturated carbocycles. The molecule has 23 heavy (non-hydrogen) atoms. The number of rotatable bonds is 8. The minimum atomic E-state index is -1.04. The first-order chi connectivity index (χ1) is 10.6. The largest absolute Gasteiger partial charge is 0.387 e. The van der Waals surface area contributed by atoms with E-state index in [0.29, 0.717) is 24.7 Å². The van der Waals surface area contributed by atoms with Crippen molar-refractivity contribution < 1.29 is 10.2 Å². The topological polar surface area (TPSA) is 40.5 Å². The molecule has 0 spiro atoms. The van der Waals surface area contributed by atoms with Gasteiger partial charge in [0.15, 0.2) is 0 Å². The molecule has 0 unspecified atom stereocenters. The van der Waals surface area contributed by atoms with Crippen LogP contribution in [-0.4, -0.2) is 15.8 Å². The Morgan fingerprint density at radius 3 is 1.61 bits per heavy atom. The van der Waals surface area contributed by atoms with Crippen LogP contribution >= 0.6 is 0 Å². The van der Waals surface area contributed by atoms with Crippen molar-refractivity contribution in [2.75, 3.05) is 0 Å². The zero-order valence-electron chi connectivity index (χ0n) is 16.1. The van der Waals surface area contributed by atoms with Gasteiger partial charge in [-0.15, -0.1) is 0 Å². The second-order valence-corrected chi connectivity index (χ2v) is 8.18. The molecular formula is C21H36O2. The summed E-state index contributed by atoms with van der Waals surface area (Å²) < 4.78 is 0. The number of aliphatic hydroxyl groups excluding tert-OH is 1. The number of hydrogen-bond donors (Lipinski definition) is 2. The van der Waals surface area contributed by atoms with Crippen molar-refractivity contribution in [3.05, 3.63) is 34.4 Å². The summed E-state index contributed by atoms with van der Waals surface area (Å²) in [7, 11) is 0. The van der Waals surface area contributed by atoms with Crippen LogP contribution in [0.25, 0.3) is 0 Å². The number of aliphatic hydroxyl groups is 2. The molecule has 0 saturated heterocycles. The van der Waals surface area contributed by atoms with Gasteiger partial charge in [-0.1, -0.05) is 45.4 Å². The minimum absolute atomic E-state index is 0.521. The van der Waals surface area contributed by atoms with Gasteiger partial charge in [-0.3, -0.25) is 0 Å². The second kappa shape index (κ2) is 8.30. The lowest BCUT2D eigenvalue weighted by Crippen LogP contribution is -2.38. The molecule has 0 aromatic heterocycles. The molecule has 0 radical (unpaired) electrons. The smallest absolute Gasteiger partial charge is 0.108 e. The van der Waals surface area contributed by atoms with Crippen molar-refractivity contribution in [3.8, 4) is 0 Å². The molecule has 0 aliphatic rings. The van der Waals surface area contributed by atoms with Gasteiger partial charge < -0.3 is 10.2 Å². The zero-order chi connectivity index (χ0) is 17.8. The SMILES string of the molecule is Cc1cc(C)c([C@@H](O)C(O)(CCC(C)C)CCC(C)C)c(C)c1. The lowest BCUT2D eigenvalue weighted by Gasteiger charge is -2.36. The monoisotopic (exact) mass is 320 g/mol. The predicted octanol–water partition coefficient (Wildman–Crippen LogP) is 5.25. The maximum absolute atomic E-state index is 11.3. The number of hydrogen-bond acceptors (Lipinski definition) is 2. The highest BCUT2D eigenvalue weighted by molar-refractivity contribution is 5.40. The molecule has 0 heterocycles. The Hall–Kier alpha value is -0.860. The Balaban J connectivity index is 3.14. The predicted molar refractivity (Wildman–Crippen MR) is 98.7 cm³/mol. The summed E-state index contributed by atoms with van der Waals surface area (Å²) in [4.78, 5) is 0. The van der Waals surface area contributed by atoms with Gasteiger partial charge in [0.1, 0.15) is 6.10 Å². The Bertz CT molecular complexity index is 468. The molecule has 2 nitrogen and oxygen atoms in total. The first-order valence-electron chi connectivity index (χ1n) is 9.05. The van der Waals surface area contributed by atoms with Crippen LogP contribution in [0.15, 0.2) is 12.1 Å². The van der Waals surface area contributed by atoms with Crippen LogP contribution in [0.3, 0.4) is 0 Å².